The SMILES string of the molecule is CC1CCC(N(C)C(=O)COC(C)C)CC1. The monoisotopic (exact) mass is 227 g/mol. The number of carbonyl (C=O) groups excluding carboxylic acids is 1. The molecule has 3 nitrogen and oxygen atoms in total. The molecule has 0 atom stereocenters. The molecule has 0 spiro atoms. The molecule has 0 unspecified atom stereocenters. The van der Waals surface area contributed by atoms with Gasteiger partial charge >= 0.3 is 0 Å². The molecular formula is C13H25NO2. The maximum absolute atomic E-state index is 11.8. The average Bonchev–Trinajstić information content (AvgIpc) is 2.26. The Bertz CT molecular complexity index is 220. The minimum absolute atomic E-state index is 0.119. The van der Waals surface area contributed by atoms with Crippen LogP contribution in [0.3, 0.4) is 0 Å². The Morgan fingerprint density at radius 3 is 2.38 bits per heavy atom. The lowest BCUT2D eigenvalue weighted by molar-refractivity contribution is -0.139. The number of rotatable bonds is 4. The first-order valence-electron chi connectivity index (χ1n) is 6.38. The van der Waals surface area contributed by atoms with Gasteiger partial charge in [-0.15, -0.1) is 0 Å². The van der Waals surface area contributed by atoms with E-state index in [1.54, 1.807) is 0 Å². The van der Waals surface area contributed by atoms with Crippen molar-refractivity contribution >= 4 is 5.91 Å². The molecule has 3 heteroatoms. The first-order valence-corrected chi connectivity index (χ1v) is 6.38. The Morgan fingerprint density at radius 1 is 1.31 bits per heavy atom. The zero-order chi connectivity index (χ0) is 12.1. The fourth-order valence-corrected chi connectivity index (χ4v) is 2.17. The van der Waals surface area contributed by atoms with Gasteiger partial charge in [-0.1, -0.05) is 6.92 Å². The molecule has 16 heavy (non-hydrogen) atoms. The number of hydrogen-bond donors (Lipinski definition) is 0. The summed E-state index contributed by atoms with van der Waals surface area (Å²) in [6.07, 6.45) is 4.90. The third-order valence-electron chi connectivity index (χ3n) is 3.47. The fourth-order valence-electron chi connectivity index (χ4n) is 2.17. The molecular weight excluding hydrogens is 202 g/mol. The predicted octanol–water partition coefficient (Wildman–Crippen LogP) is 2.45. The highest BCUT2D eigenvalue weighted by Gasteiger charge is 2.24. The molecule has 1 amide bonds. The highest BCUT2D eigenvalue weighted by molar-refractivity contribution is 5.77. The van der Waals surface area contributed by atoms with Gasteiger partial charge < -0.3 is 9.64 Å². The van der Waals surface area contributed by atoms with Crippen LogP contribution in [-0.2, 0) is 9.53 Å². The molecule has 0 aromatic carbocycles. The standard InChI is InChI=1S/C13H25NO2/c1-10(2)16-9-13(15)14(4)12-7-5-11(3)6-8-12/h10-12H,5-9H2,1-4H3. The van der Waals surface area contributed by atoms with E-state index in [4.69, 9.17) is 4.74 Å². The van der Waals surface area contributed by atoms with E-state index in [9.17, 15) is 4.79 Å². The van der Waals surface area contributed by atoms with E-state index in [-0.39, 0.29) is 18.6 Å². The second-order valence-corrected chi connectivity index (χ2v) is 5.28. The van der Waals surface area contributed by atoms with Crippen molar-refractivity contribution in [3.8, 4) is 0 Å². The van der Waals surface area contributed by atoms with Gasteiger partial charge in [0.1, 0.15) is 6.61 Å². The van der Waals surface area contributed by atoms with Gasteiger partial charge in [-0.2, -0.15) is 0 Å². The van der Waals surface area contributed by atoms with Crippen molar-refractivity contribution in [1.29, 1.82) is 0 Å². The quantitative estimate of drug-likeness (QED) is 0.738. The van der Waals surface area contributed by atoms with Crippen molar-refractivity contribution in [2.24, 2.45) is 5.92 Å². The molecule has 94 valence electrons. The molecule has 1 rings (SSSR count). The van der Waals surface area contributed by atoms with E-state index in [1.165, 1.54) is 12.8 Å². The summed E-state index contributed by atoms with van der Waals surface area (Å²) in [5.41, 5.74) is 0. The van der Waals surface area contributed by atoms with Crippen LogP contribution in [0.15, 0.2) is 0 Å². The van der Waals surface area contributed by atoms with Crippen LogP contribution in [0, 0.1) is 5.92 Å². The summed E-state index contributed by atoms with van der Waals surface area (Å²) >= 11 is 0. The Kier molecular flexibility index (Phi) is 5.26. The van der Waals surface area contributed by atoms with Crippen molar-refractivity contribution in [3.05, 3.63) is 0 Å². The molecule has 0 saturated heterocycles. The van der Waals surface area contributed by atoms with Gasteiger partial charge in [-0.3, -0.25) is 4.79 Å². The maximum Gasteiger partial charge on any atom is 0.248 e. The molecule has 0 aromatic rings. The summed E-state index contributed by atoms with van der Waals surface area (Å²) in [5.74, 6) is 0.944. The number of hydrogen-bond acceptors (Lipinski definition) is 2. The zero-order valence-electron chi connectivity index (χ0n) is 11.0. The zero-order valence-corrected chi connectivity index (χ0v) is 11.0. The molecule has 1 aliphatic rings. The van der Waals surface area contributed by atoms with Crippen molar-refractivity contribution in [3.63, 3.8) is 0 Å². The minimum atomic E-state index is 0.119. The lowest BCUT2D eigenvalue weighted by atomic mass is 9.87. The molecule has 1 saturated carbocycles. The molecule has 1 aliphatic carbocycles. The highest BCUT2D eigenvalue weighted by Crippen LogP contribution is 2.26. The van der Waals surface area contributed by atoms with Crippen LogP contribution in [0.2, 0.25) is 0 Å². The normalized spacial score (nSPS) is 25.8. The summed E-state index contributed by atoms with van der Waals surface area (Å²) in [7, 11) is 1.91. The van der Waals surface area contributed by atoms with E-state index in [0.717, 1.165) is 18.8 Å². The Balaban J connectivity index is 2.32. The van der Waals surface area contributed by atoms with Crippen LogP contribution >= 0.6 is 0 Å². The lowest BCUT2D eigenvalue weighted by Gasteiger charge is -2.33. The second kappa shape index (κ2) is 6.24. The summed E-state index contributed by atoms with van der Waals surface area (Å²) in [6.45, 7) is 6.42. The molecule has 0 N–H and O–H groups in total. The van der Waals surface area contributed by atoms with Crippen molar-refractivity contribution in [2.75, 3.05) is 13.7 Å². The maximum atomic E-state index is 11.8. The highest BCUT2D eigenvalue weighted by atomic mass is 16.5. The van der Waals surface area contributed by atoms with E-state index in [1.807, 2.05) is 25.8 Å². The average molecular weight is 227 g/mol. The largest absolute Gasteiger partial charge is 0.369 e. The first kappa shape index (κ1) is 13.5. The minimum Gasteiger partial charge on any atom is -0.369 e. The third-order valence-corrected chi connectivity index (χ3v) is 3.47. The van der Waals surface area contributed by atoms with Crippen LogP contribution in [0.25, 0.3) is 0 Å². The summed E-state index contributed by atoms with van der Waals surface area (Å²) < 4.78 is 5.35. The molecule has 0 aromatic heterocycles. The van der Waals surface area contributed by atoms with Gasteiger partial charge in [0, 0.05) is 13.1 Å². The predicted molar refractivity (Wildman–Crippen MR) is 65.3 cm³/mol. The molecule has 0 bridgehead atoms. The fraction of sp³-hybridized carbons (Fsp3) is 0.923. The number of likely N-dealkylation sites (N-methyl/N-ethyl adjacent to an activating group) is 1. The Labute approximate surface area is 99.1 Å². The molecule has 1 fully saturated rings. The number of amides is 1. The number of nitrogens with zero attached hydrogens (tertiary/aromatic N) is 1. The topological polar surface area (TPSA) is 29.5 Å². The van der Waals surface area contributed by atoms with E-state index in [0.29, 0.717) is 6.04 Å². The smallest absolute Gasteiger partial charge is 0.248 e. The van der Waals surface area contributed by atoms with E-state index < -0.39 is 0 Å². The van der Waals surface area contributed by atoms with Crippen LogP contribution in [-0.4, -0.2) is 36.6 Å². The van der Waals surface area contributed by atoms with Gasteiger partial charge in [0.05, 0.1) is 6.10 Å². The van der Waals surface area contributed by atoms with Crippen LogP contribution in [0.1, 0.15) is 46.5 Å². The van der Waals surface area contributed by atoms with Gasteiger partial charge in [-0.25, -0.2) is 0 Å². The summed E-state index contributed by atoms with van der Waals surface area (Å²) in [6, 6.07) is 0.430. The number of ether oxygens (including phenoxy) is 1. The van der Waals surface area contributed by atoms with Crippen molar-refractivity contribution in [1.82, 2.24) is 4.90 Å². The van der Waals surface area contributed by atoms with E-state index >= 15 is 0 Å². The lowest BCUT2D eigenvalue weighted by Crippen LogP contribution is -2.41. The van der Waals surface area contributed by atoms with Crippen LogP contribution < -0.4 is 0 Å². The van der Waals surface area contributed by atoms with Crippen molar-refractivity contribution < 1.29 is 9.53 Å². The molecule has 0 aliphatic heterocycles. The van der Waals surface area contributed by atoms with Crippen LogP contribution in [0.5, 0.6) is 0 Å². The second-order valence-electron chi connectivity index (χ2n) is 5.28. The van der Waals surface area contributed by atoms with Gasteiger partial charge in [0.2, 0.25) is 5.91 Å². The summed E-state index contributed by atoms with van der Waals surface area (Å²) in [5, 5.41) is 0. The van der Waals surface area contributed by atoms with Crippen LogP contribution in [0.4, 0.5) is 0 Å². The van der Waals surface area contributed by atoms with Gasteiger partial charge in [-0.05, 0) is 45.4 Å². The van der Waals surface area contributed by atoms with E-state index in [2.05, 4.69) is 6.92 Å². The Morgan fingerprint density at radius 2 is 1.88 bits per heavy atom. The van der Waals surface area contributed by atoms with Gasteiger partial charge in [0.15, 0.2) is 0 Å². The molecule has 0 heterocycles. The number of carbonyl (C=O) groups is 1. The third kappa shape index (κ3) is 4.12. The molecule has 0 radical (unpaired) electrons. The van der Waals surface area contributed by atoms with Gasteiger partial charge in [0.25, 0.3) is 0 Å². The van der Waals surface area contributed by atoms with Crippen molar-refractivity contribution in [2.45, 2.75) is 58.6 Å². The summed E-state index contributed by atoms with van der Waals surface area (Å²) in [4.78, 5) is 13.7. The Hall–Kier alpha value is -0.570. The first-order chi connectivity index (χ1) is 7.50.